The summed E-state index contributed by atoms with van der Waals surface area (Å²) in [6, 6.07) is 0. The van der Waals surface area contributed by atoms with Crippen LogP contribution in [-0.2, 0) is 28.5 Å². The van der Waals surface area contributed by atoms with Gasteiger partial charge in [0.15, 0.2) is 0 Å². The molecule has 164 valence electrons. The molecule has 0 N–H and O–H groups in total. The van der Waals surface area contributed by atoms with Gasteiger partial charge < -0.3 is 18.9 Å². The first-order chi connectivity index (χ1) is 13.6. The number of cyclic esters (lactones) is 2. The van der Waals surface area contributed by atoms with Crippen molar-refractivity contribution < 1.29 is 28.5 Å². The smallest absolute Gasteiger partial charge is 0.317 e. The Morgan fingerprint density at radius 2 is 1.25 bits per heavy atom. The van der Waals surface area contributed by atoms with E-state index < -0.39 is 5.97 Å². The third kappa shape index (κ3) is 9.99. The number of carbonyl (C=O) groups is 2. The molecular formula is C22H40O6. The first-order valence-corrected chi connectivity index (χ1v) is 11.2. The molecule has 0 amide bonds. The standard InChI is InChI=1S/C22H40O6/c1-4-25-22(26-5-2,27-6-3)17-15-13-11-9-7-8-10-12-14-16-19-18-20(23)28-21(19)24/h19H,4-18H2,1-3H3. The molecule has 0 bridgehead atoms. The maximum Gasteiger partial charge on any atom is 0.317 e. The van der Waals surface area contributed by atoms with Gasteiger partial charge in [0.25, 0.3) is 5.97 Å². The SMILES string of the molecule is CCOC(CCCCCCCCCCCC1CC(=O)OC1=O)(OCC)OCC. The highest BCUT2D eigenvalue weighted by molar-refractivity contribution is 5.94. The van der Waals surface area contributed by atoms with Crippen LogP contribution in [0.15, 0.2) is 0 Å². The zero-order valence-electron chi connectivity index (χ0n) is 18.1. The average molecular weight is 401 g/mol. The molecule has 1 fully saturated rings. The Hall–Kier alpha value is -0.980. The predicted molar refractivity (Wildman–Crippen MR) is 108 cm³/mol. The second-order valence-electron chi connectivity index (χ2n) is 7.40. The zero-order chi connectivity index (χ0) is 20.7. The van der Waals surface area contributed by atoms with E-state index in [2.05, 4.69) is 4.74 Å². The van der Waals surface area contributed by atoms with Crippen LogP contribution in [0.5, 0.6) is 0 Å². The fraction of sp³-hybridized carbons (Fsp3) is 0.909. The van der Waals surface area contributed by atoms with E-state index >= 15 is 0 Å². The first kappa shape index (κ1) is 25.1. The molecule has 1 heterocycles. The van der Waals surface area contributed by atoms with Crippen LogP contribution in [-0.4, -0.2) is 37.7 Å². The minimum Gasteiger partial charge on any atom is -0.393 e. The van der Waals surface area contributed by atoms with E-state index in [1.807, 2.05) is 20.8 Å². The number of unbranched alkanes of at least 4 members (excludes halogenated alkanes) is 8. The average Bonchev–Trinajstić information content (AvgIpc) is 2.97. The molecule has 0 saturated carbocycles. The van der Waals surface area contributed by atoms with E-state index in [0.29, 0.717) is 19.8 Å². The van der Waals surface area contributed by atoms with Gasteiger partial charge in [0.05, 0.1) is 12.3 Å². The molecule has 0 spiro atoms. The summed E-state index contributed by atoms with van der Waals surface area (Å²) in [7, 11) is 0. The van der Waals surface area contributed by atoms with Gasteiger partial charge in [0, 0.05) is 26.2 Å². The summed E-state index contributed by atoms with van der Waals surface area (Å²) >= 11 is 0. The van der Waals surface area contributed by atoms with E-state index in [4.69, 9.17) is 14.2 Å². The van der Waals surface area contributed by atoms with Crippen LogP contribution in [0.2, 0.25) is 0 Å². The van der Waals surface area contributed by atoms with E-state index in [0.717, 1.165) is 38.5 Å². The van der Waals surface area contributed by atoms with Crippen LogP contribution in [0.1, 0.15) is 97.8 Å². The molecule has 0 aromatic heterocycles. The van der Waals surface area contributed by atoms with Crippen molar-refractivity contribution in [3.05, 3.63) is 0 Å². The van der Waals surface area contributed by atoms with Crippen molar-refractivity contribution in [1.29, 1.82) is 0 Å². The maximum atomic E-state index is 11.4. The molecular weight excluding hydrogens is 360 g/mol. The van der Waals surface area contributed by atoms with E-state index in [9.17, 15) is 9.59 Å². The van der Waals surface area contributed by atoms with Crippen molar-refractivity contribution in [2.24, 2.45) is 5.92 Å². The third-order valence-corrected chi connectivity index (χ3v) is 5.09. The lowest BCUT2D eigenvalue weighted by Crippen LogP contribution is -2.39. The second-order valence-corrected chi connectivity index (χ2v) is 7.40. The minimum absolute atomic E-state index is 0.190. The van der Waals surface area contributed by atoms with Gasteiger partial charge in [0.2, 0.25) is 0 Å². The first-order valence-electron chi connectivity index (χ1n) is 11.2. The van der Waals surface area contributed by atoms with Gasteiger partial charge in [-0.3, -0.25) is 9.59 Å². The van der Waals surface area contributed by atoms with Gasteiger partial charge in [0.1, 0.15) is 0 Å². The van der Waals surface area contributed by atoms with Crippen molar-refractivity contribution in [3.63, 3.8) is 0 Å². The zero-order valence-corrected chi connectivity index (χ0v) is 18.1. The van der Waals surface area contributed by atoms with Gasteiger partial charge >= 0.3 is 11.9 Å². The van der Waals surface area contributed by atoms with Crippen LogP contribution in [0.25, 0.3) is 0 Å². The summed E-state index contributed by atoms with van der Waals surface area (Å²) < 4.78 is 21.8. The molecule has 1 unspecified atom stereocenters. The molecule has 28 heavy (non-hydrogen) atoms. The summed E-state index contributed by atoms with van der Waals surface area (Å²) in [5.74, 6) is -1.75. The van der Waals surface area contributed by atoms with Gasteiger partial charge in [-0.05, 0) is 33.6 Å². The van der Waals surface area contributed by atoms with Crippen molar-refractivity contribution in [3.8, 4) is 0 Å². The summed E-state index contributed by atoms with van der Waals surface area (Å²) in [6.45, 7) is 7.64. The van der Waals surface area contributed by atoms with Crippen molar-refractivity contribution in [2.45, 2.75) is 104 Å². The Labute approximate surface area is 170 Å². The highest BCUT2D eigenvalue weighted by atomic mass is 16.9. The molecule has 1 aliphatic heterocycles. The van der Waals surface area contributed by atoms with Gasteiger partial charge in [-0.15, -0.1) is 0 Å². The number of esters is 2. The molecule has 6 nitrogen and oxygen atoms in total. The van der Waals surface area contributed by atoms with Gasteiger partial charge in [-0.2, -0.15) is 0 Å². The van der Waals surface area contributed by atoms with E-state index in [1.54, 1.807) is 0 Å². The Morgan fingerprint density at radius 3 is 1.68 bits per heavy atom. The van der Waals surface area contributed by atoms with E-state index in [1.165, 1.54) is 32.1 Å². The van der Waals surface area contributed by atoms with Crippen LogP contribution in [0, 0.1) is 5.92 Å². The minimum atomic E-state index is -0.866. The monoisotopic (exact) mass is 400 g/mol. The largest absolute Gasteiger partial charge is 0.393 e. The van der Waals surface area contributed by atoms with Crippen molar-refractivity contribution in [2.75, 3.05) is 19.8 Å². The molecule has 1 aliphatic rings. The maximum absolute atomic E-state index is 11.4. The Kier molecular flexibility index (Phi) is 13.4. The predicted octanol–water partition coefficient (Wildman–Crippen LogP) is 5.13. The van der Waals surface area contributed by atoms with Crippen LogP contribution in [0.3, 0.4) is 0 Å². The van der Waals surface area contributed by atoms with Gasteiger partial charge in [-0.1, -0.05) is 51.4 Å². The number of rotatable bonds is 18. The Morgan fingerprint density at radius 1 is 0.786 bits per heavy atom. The Bertz CT molecular complexity index is 420. The highest BCUT2D eigenvalue weighted by Crippen LogP contribution is 2.25. The van der Waals surface area contributed by atoms with Crippen LogP contribution < -0.4 is 0 Å². The number of hydrogen-bond acceptors (Lipinski definition) is 6. The molecule has 0 aromatic carbocycles. The summed E-state index contributed by atoms with van der Waals surface area (Å²) in [5.41, 5.74) is 0. The van der Waals surface area contributed by atoms with Crippen LogP contribution >= 0.6 is 0 Å². The molecule has 6 heteroatoms. The second kappa shape index (κ2) is 14.9. The molecule has 1 rings (SSSR count). The van der Waals surface area contributed by atoms with Crippen molar-refractivity contribution in [1.82, 2.24) is 0 Å². The molecule has 1 atom stereocenters. The lowest BCUT2D eigenvalue weighted by molar-refractivity contribution is -0.380. The quantitative estimate of drug-likeness (QED) is 0.137. The molecule has 1 saturated heterocycles. The molecule has 0 aromatic rings. The van der Waals surface area contributed by atoms with Crippen molar-refractivity contribution >= 4 is 11.9 Å². The van der Waals surface area contributed by atoms with Crippen LogP contribution in [0.4, 0.5) is 0 Å². The lowest BCUT2D eigenvalue weighted by Gasteiger charge is -2.32. The molecule has 0 aliphatic carbocycles. The fourth-order valence-electron chi connectivity index (χ4n) is 3.71. The summed E-state index contributed by atoms with van der Waals surface area (Å²) in [6.07, 6.45) is 12.3. The summed E-state index contributed by atoms with van der Waals surface area (Å²) in [5, 5.41) is 0. The Balaban J connectivity index is 1.99. The fourth-order valence-corrected chi connectivity index (χ4v) is 3.71. The number of carbonyl (C=O) groups excluding carboxylic acids is 2. The van der Waals surface area contributed by atoms with E-state index in [-0.39, 0.29) is 24.3 Å². The molecule has 0 radical (unpaired) electrons. The summed E-state index contributed by atoms with van der Waals surface area (Å²) in [4.78, 5) is 22.4. The number of ether oxygens (including phenoxy) is 4. The highest BCUT2D eigenvalue weighted by Gasteiger charge is 2.33. The normalized spacial score (nSPS) is 17.3. The topological polar surface area (TPSA) is 71.1 Å². The van der Waals surface area contributed by atoms with Gasteiger partial charge in [-0.25, -0.2) is 0 Å². The lowest BCUT2D eigenvalue weighted by atomic mass is 9.98. The number of hydrogen-bond donors (Lipinski definition) is 0. The third-order valence-electron chi connectivity index (χ3n) is 5.09.